The van der Waals surface area contributed by atoms with Gasteiger partial charge in [0.1, 0.15) is 17.1 Å². The number of nitrogens with zero attached hydrogens (tertiary/aromatic N) is 1. The molecule has 0 atom stereocenters. The van der Waals surface area contributed by atoms with Crippen LogP contribution in [0.15, 0.2) is 16.7 Å². The minimum Gasteiger partial charge on any atom is -0.360 e. The average molecular weight is 186 g/mol. The first kappa shape index (κ1) is 7.55. The summed E-state index contributed by atoms with van der Waals surface area (Å²) >= 11 is 5.71. The third-order valence-electron chi connectivity index (χ3n) is 1.68. The molecule has 2 nitrogen and oxygen atoms in total. The Morgan fingerprint density at radius 2 is 2.25 bits per heavy atom. The van der Waals surface area contributed by atoms with Crippen LogP contribution >= 0.6 is 11.6 Å². The molecular weight excluding hydrogens is 181 g/mol. The Morgan fingerprint density at radius 1 is 1.50 bits per heavy atom. The van der Waals surface area contributed by atoms with Gasteiger partial charge in [0.25, 0.3) is 0 Å². The zero-order valence-corrected chi connectivity index (χ0v) is 7.02. The molecule has 0 aliphatic carbocycles. The van der Waals surface area contributed by atoms with Crippen LogP contribution in [0.3, 0.4) is 0 Å². The number of rotatable bonds is 0. The molecule has 0 N–H and O–H groups in total. The van der Waals surface area contributed by atoms with Gasteiger partial charge >= 0.3 is 0 Å². The molecule has 0 bridgehead atoms. The minimum absolute atomic E-state index is 0.279. The summed E-state index contributed by atoms with van der Waals surface area (Å²) in [5, 5.41) is 4.59. The molecule has 0 aliphatic rings. The number of fused-ring (bicyclic) bond motifs is 1. The molecule has 0 fully saturated rings. The molecule has 0 amide bonds. The topological polar surface area (TPSA) is 26.0 Å². The van der Waals surface area contributed by atoms with Crippen LogP contribution in [0, 0.1) is 12.7 Å². The zero-order chi connectivity index (χ0) is 8.72. The summed E-state index contributed by atoms with van der Waals surface area (Å²) in [5.41, 5.74) is 0.510. The van der Waals surface area contributed by atoms with Crippen LogP contribution in [0.25, 0.3) is 10.9 Å². The highest BCUT2D eigenvalue weighted by Crippen LogP contribution is 2.25. The standard InChI is InChI=1S/C8H5ClFNO/c1-4-6-2-5(10)3-7(9)8(6)11-12-4/h2-3H,1H3. The van der Waals surface area contributed by atoms with Gasteiger partial charge in [0.15, 0.2) is 0 Å². The number of aryl methyl sites for hydroxylation is 1. The molecular formula is C8H5ClFNO. The summed E-state index contributed by atoms with van der Waals surface area (Å²) in [5.74, 6) is 0.199. The second-order valence-corrected chi connectivity index (χ2v) is 2.93. The first-order valence-electron chi connectivity index (χ1n) is 3.39. The number of halogens is 2. The van der Waals surface area contributed by atoms with Gasteiger partial charge in [0.05, 0.1) is 5.02 Å². The van der Waals surface area contributed by atoms with Crippen LogP contribution in [0.1, 0.15) is 5.76 Å². The molecule has 0 radical (unpaired) electrons. The van der Waals surface area contributed by atoms with Crippen molar-refractivity contribution in [3.05, 3.63) is 28.7 Å². The smallest absolute Gasteiger partial charge is 0.141 e. The highest BCUT2D eigenvalue weighted by atomic mass is 35.5. The van der Waals surface area contributed by atoms with Crippen LogP contribution < -0.4 is 0 Å². The quantitative estimate of drug-likeness (QED) is 0.631. The Bertz CT molecular complexity index is 438. The van der Waals surface area contributed by atoms with E-state index in [9.17, 15) is 4.39 Å². The predicted octanol–water partition coefficient (Wildman–Crippen LogP) is 2.93. The van der Waals surface area contributed by atoms with E-state index < -0.39 is 0 Å². The second kappa shape index (κ2) is 2.45. The van der Waals surface area contributed by atoms with Gasteiger partial charge in [-0.05, 0) is 19.1 Å². The van der Waals surface area contributed by atoms with Crippen LogP contribution in [-0.4, -0.2) is 5.16 Å². The maximum atomic E-state index is 12.8. The molecule has 0 saturated heterocycles. The van der Waals surface area contributed by atoms with Gasteiger partial charge in [-0.2, -0.15) is 0 Å². The molecule has 2 rings (SSSR count). The highest BCUT2D eigenvalue weighted by Gasteiger charge is 2.09. The largest absolute Gasteiger partial charge is 0.360 e. The number of hydrogen-bond acceptors (Lipinski definition) is 2. The van der Waals surface area contributed by atoms with Gasteiger partial charge in [-0.25, -0.2) is 4.39 Å². The summed E-state index contributed by atoms with van der Waals surface area (Å²) in [4.78, 5) is 0. The number of benzene rings is 1. The third kappa shape index (κ3) is 0.975. The van der Waals surface area contributed by atoms with E-state index in [4.69, 9.17) is 16.1 Å². The predicted molar refractivity (Wildman–Crippen MR) is 43.7 cm³/mol. The van der Waals surface area contributed by atoms with E-state index in [1.807, 2.05) is 0 Å². The molecule has 1 aromatic carbocycles. The van der Waals surface area contributed by atoms with Crippen molar-refractivity contribution < 1.29 is 8.91 Å². The van der Waals surface area contributed by atoms with Crippen LogP contribution in [0.5, 0.6) is 0 Å². The van der Waals surface area contributed by atoms with Crippen LogP contribution in [-0.2, 0) is 0 Å². The molecule has 2 aromatic rings. The van der Waals surface area contributed by atoms with Crippen molar-refractivity contribution in [3.63, 3.8) is 0 Å². The zero-order valence-electron chi connectivity index (χ0n) is 6.27. The van der Waals surface area contributed by atoms with Crippen molar-refractivity contribution in [1.29, 1.82) is 0 Å². The fraction of sp³-hybridized carbons (Fsp3) is 0.125. The lowest BCUT2D eigenvalue weighted by Crippen LogP contribution is -1.76. The maximum Gasteiger partial charge on any atom is 0.141 e. The van der Waals surface area contributed by atoms with Gasteiger partial charge in [-0.15, -0.1) is 0 Å². The minimum atomic E-state index is -0.376. The fourth-order valence-electron chi connectivity index (χ4n) is 1.09. The fourth-order valence-corrected chi connectivity index (χ4v) is 1.33. The number of hydrogen-bond donors (Lipinski definition) is 0. The van der Waals surface area contributed by atoms with E-state index in [-0.39, 0.29) is 10.8 Å². The highest BCUT2D eigenvalue weighted by molar-refractivity contribution is 6.35. The molecule has 0 aliphatic heterocycles. The summed E-state index contributed by atoms with van der Waals surface area (Å²) in [7, 11) is 0. The molecule has 1 heterocycles. The van der Waals surface area contributed by atoms with Gasteiger partial charge in [-0.3, -0.25) is 0 Å². The summed E-state index contributed by atoms with van der Waals surface area (Å²) in [6, 6.07) is 2.57. The Balaban J connectivity index is 2.92. The van der Waals surface area contributed by atoms with Crippen molar-refractivity contribution in [2.75, 3.05) is 0 Å². The lowest BCUT2D eigenvalue weighted by Gasteiger charge is -1.91. The van der Waals surface area contributed by atoms with Crippen LogP contribution in [0.4, 0.5) is 4.39 Å². The van der Waals surface area contributed by atoms with Gasteiger partial charge in [0.2, 0.25) is 0 Å². The normalized spacial score (nSPS) is 10.9. The number of aromatic nitrogens is 1. The molecule has 12 heavy (non-hydrogen) atoms. The Kier molecular flexibility index (Phi) is 1.54. The summed E-state index contributed by atoms with van der Waals surface area (Å²) < 4.78 is 17.7. The molecule has 0 unspecified atom stereocenters. The van der Waals surface area contributed by atoms with Crippen LogP contribution in [0.2, 0.25) is 5.02 Å². The van der Waals surface area contributed by atoms with E-state index in [0.29, 0.717) is 16.7 Å². The summed E-state index contributed by atoms with van der Waals surface area (Å²) in [6.45, 7) is 1.71. The van der Waals surface area contributed by atoms with Crippen molar-refractivity contribution in [3.8, 4) is 0 Å². The van der Waals surface area contributed by atoms with E-state index in [1.54, 1.807) is 6.92 Å². The second-order valence-electron chi connectivity index (χ2n) is 2.52. The van der Waals surface area contributed by atoms with E-state index >= 15 is 0 Å². The lowest BCUT2D eigenvalue weighted by atomic mass is 10.2. The SMILES string of the molecule is Cc1onc2c(Cl)cc(F)cc12. The van der Waals surface area contributed by atoms with Crippen molar-refractivity contribution in [1.82, 2.24) is 5.16 Å². The van der Waals surface area contributed by atoms with Gasteiger partial charge in [0, 0.05) is 5.39 Å². The Hall–Kier alpha value is -1.09. The van der Waals surface area contributed by atoms with Gasteiger partial charge < -0.3 is 4.52 Å². The molecule has 0 saturated carbocycles. The molecule has 1 aromatic heterocycles. The molecule has 0 spiro atoms. The lowest BCUT2D eigenvalue weighted by molar-refractivity contribution is 0.405. The molecule has 4 heteroatoms. The summed E-state index contributed by atoms with van der Waals surface area (Å²) in [6.07, 6.45) is 0. The van der Waals surface area contributed by atoms with Crippen molar-refractivity contribution >= 4 is 22.5 Å². The third-order valence-corrected chi connectivity index (χ3v) is 1.97. The molecule has 62 valence electrons. The van der Waals surface area contributed by atoms with E-state index in [0.717, 1.165) is 0 Å². The Labute approximate surface area is 72.9 Å². The monoisotopic (exact) mass is 185 g/mol. The first-order valence-corrected chi connectivity index (χ1v) is 3.77. The van der Waals surface area contributed by atoms with Gasteiger partial charge in [-0.1, -0.05) is 16.8 Å². The van der Waals surface area contributed by atoms with E-state index in [2.05, 4.69) is 5.16 Å². The maximum absolute atomic E-state index is 12.8. The van der Waals surface area contributed by atoms with E-state index in [1.165, 1.54) is 12.1 Å². The van der Waals surface area contributed by atoms with Crippen molar-refractivity contribution in [2.24, 2.45) is 0 Å². The van der Waals surface area contributed by atoms with Crippen molar-refractivity contribution in [2.45, 2.75) is 6.92 Å². The first-order chi connectivity index (χ1) is 5.68. The average Bonchev–Trinajstić information content (AvgIpc) is 2.33. The Morgan fingerprint density at radius 3 is 3.00 bits per heavy atom.